The number of methoxy groups -OCH3 is 1. The number of fused-ring (bicyclic) bond motifs is 1. The second kappa shape index (κ2) is 12.3. The summed E-state index contributed by atoms with van der Waals surface area (Å²) in [7, 11) is 1.21. The molecule has 0 saturated carbocycles. The Morgan fingerprint density at radius 3 is 2.40 bits per heavy atom. The summed E-state index contributed by atoms with van der Waals surface area (Å²) in [6.07, 6.45) is -2.90. The second-order valence-electron chi connectivity index (χ2n) is 8.56. The number of para-hydroxylation sites is 1. The minimum atomic E-state index is -4.43. The fourth-order valence-electron chi connectivity index (χ4n) is 3.68. The van der Waals surface area contributed by atoms with Crippen molar-refractivity contribution in [1.29, 1.82) is 0 Å². The fraction of sp³-hybridized carbons (Fsp3) is 0.214. The van der Waals surface area contributed by atoms with Gasteiger partial charge in [-0.1, -0.05) is 18.2 Å². The number of nitrogens with one attached hydrogen (secondary N) is 1. The summed E-state index contributed by atoms with van der Waals surface area (Å²) >= 11 is 0. The molecule has 0 radical (unpaired) electrons. The molecule has 1 N–H and O–H groups in total. The van der Waals surface area contributed by atoms with Gasteiger partial charge < -0.3 is 19.5 Å². The molecule has 0 atom stereocenters. The maximum Gasteiger partial charge on any atom is 0.416 e. The standard InChI is InChI=1S/C28H24F3N3O6/c1-38-26(36)16-34-17-32-22-15-23(24(14-21(22)27(34)37)40-20-6-3-2-4-7-20)33-25(35)8-5-13-39-19-11-9-18(10-12-19)28(29,30)31/h2-4,6-7,9-12,14-15,17H,5,8,13,16H2,1H3,(H,33,35). The molecule has 0 fully saturated rings. The number of carbonyl (C=O) groups is 2. The van der Waals surface area contributed by atoms with Gasteiger partial charge in [0.25, 0.3) is 5.56 Å². The Bertz CT molecular complexity index is 1550. The summed E-state index contributed by atoms with van der Waals surface area (Å²) in [6, 6.07) is 15.9. The Hall–Kier alpha value is -4.87. The van der Waals surface area contributed by atoms with Crippen molar-refractivity contribution in [3.05, 3.63) is 89.0 Å². The summed E-state index contributed by atoms with van der Waals surface area (Å²) in [5.41, 5.74) is -0.735. The second-order valence-corrected chi connectivity index (χ2v) is 8.56. The maximum absolute atomic E-state index is 13.0. The highest BCUT2D eigenvalue weighted by Crippen LogP contribution is 2.33. The molecule has 3 aromatic carbocycles. The minimum Gasteiger partial charge on any atom is -0.494 e. The monoisotopic (exact) mass is 555 g/mol. The van der Waals surface area contributed by atoms with E-state index in [0.29, 0.717) is 5.75 Å². The summed E-state index contributed by atoms with van der Waals surface area (Å²) in [4.78, 5) is 41.6. The van der Waals surface area contributed by atoms with Crippen LogP contribution in [0.25, 0.3) is 10.9 Å². The predicted octanol–water partition coefficient (Wildman–Crippen LogP) is 5.18. The van der Waals surface area contributed by atoms with E-state index in [4.69, 9.17) is 9.47 Å². The van der Waals surface area contributed by atoms with Crippen LogP contribution in [-0.2, 0) is 27.0 Å². The van der Waals surface area contributed by atoms with Crippen LogP contribution in [0.2, 0.25) is 0 Å². The number of esters is 1. The van der Waals surface area contributed by atoms with Crippen molar-refractivity contribution in [2.45, 2.75) is 25.6 Å². The molecule has 0 unspecified atom stereocenters. The van der Waals surface area contributed by atoms with Gasteiger partial charge in [0.2, 0.25) is 5.91 Å². The SMILES string of the molecule is COC(=O)Cn1cnc2cc(NC(=O)CCCOc3ccc(C(F)(F)F)cc3)c(Oc3ccccc3)cc2c1=O. The largest absolute Gasteiger partial charge is 0.494 e. The molecule has 1 amide bonds. The van der Waals surface area contributed by atoms with Gasteiger partial charge in [0, 0.05) is 6.42 Å². The number of benzene rings is 3. The first kappa shape index (κ1) is 28.1. The first-order chi connectivity index (χ1) is 19.1. The fourth-order valence-corrected chi connectivity index (χ4v) is 3.68. The predicted molar refractivity (Wildman–Crippen MR) is 139 cm³/mol. The zero-order chi connectivity index (χ0) is 28.7. The van der Waals surface area contributed by atoms with Gasteiger partial charge in [0.1, 0.15) is 18.0 Å². The number of hydrogen-bond acceptors (Lipinski definition) is 7. The van der Waals surface area contributed by atoms with Crippen molar-refractivity contribution >= 4 is 28.5 Å². The summed E-state index contributed by atoms with van der Waals surface area (Å²) < 4.78 is 55.2. The summed E-state index contributed by atoms with van der Waals surface area (Å²) in [5.74, 6) is -0.100. The molecule has 0 aliphatic rings. The number of ether oxygens (including phenoxy) is 3. The van der Waals surface area contributed by atoms with E-state index in [2.05, 4.69) is 15.0 Å². The van der Waals surface area contributed by atoms with Crippen LogP contribution in [-0.4, -0.2) is 35.1 Å². The topological polar surface area (TPSA) is 109 Å². The Kier molecular flexibility index (Phi) is 8.67. The zero-order valence-electron chi connectivity index (χ0n) is 21.2. The third-order valence-electron chi connectivity index (χ3n) is 5.70. The lowest BCUT2D eigenvalue weighted by molar-refractivity contribution is -0.141. The summed E-state index contributed by atoms with van der Waals surface area (Å²) in [6.45, 7) is -0.217. The zero-order valence-corrected chi connectivity index (χ0v) is 21.2. The van der Waals surface area contributed by atoms with Crippen LogP contribution in [0.5, 0.6) is 17.2 Å². The molecule has 1 aromatic heterocycles. The number of aromatic nitrogens is 2. The maximum atomic E-state index is 13.0. The molecule has 0 spiro atoms. The van der Waals surface area contributed by atoms with E-state index < -0.39 is 23.3 Å². The van der Waals surface area contributed by atoms with Crippen molar-refractivity contribution in [3.63, 3.8) is 0 Å². The highest BCUT2D eigenvalue weighted by Gasteiger charge is 2.30. The van der Waals surface area contributed by atoms with Gasteiger partial charge in [-0.3, -0.25) is 19.0 Å². The van der Waals surface area contributed by atoms with E-state index in [0.717, 1.165) is 16.7 Å². The van der Waals surface area contributed by atoms with Gasteiger partial charge in [-0.05, 0) is 55.0 Å². The van der Waals surface area contributed by atoms with Gasteiger partial charge in [-0.2, -0.15) is 13.2 Å². The van der Waals surface area contributed by atoms with Crippen molar-refractivity contribution < 1.29 is 37.0 Å². The van der Waals surface area contributed by atoms with E-state index in [1.165, 1.54) is 37.7 Å². The lowest BCUT2D eigenvalue weighted by atomic mass is 10.2. The molecule has 208 valence electrons. The van der Waals surface area contributed by atoms with Crippen molar-refractivity contribution in [3.8, 4) is 17.2 Å². The molecule has 4 rings (SSSR count). The quantitative estimate of drug-likeness (QED) is 0.212. The molecule has 9 nitrogen and oxygen atoms in total. The van der Waals surface area contributed by atoms with Gasteiger partial charge in [-0.25, -0.2) is 4.98 Å². The Labute approximate surface area is 226 Å². The third-order valence-corrected chi connectivity index (χ3v) is 5.70. The van der Waals surface area contributed by atoms with Gasteiger partial charge in [0.15, 0.2) is 5.75 Å². The van der Waals surface area contributed by atoms with Crippen LogP contribution in [0.15, 0.2) is 77.9 Å². The molecule has 4 aromatic rings. The number of anilines is 1. The molecule has 12 heteroatoms. The number of amides is 1. The summed E-state index contributed by atoms with van der Waals surface area (Å²) in [5, 5.41) is 2.92. The average Bonchev–Trinajstić information content (AvgIpc) is 2.93. The van der Waals surface area contributed by atoms with Crippen LogP contribution in [0.1, 0.15) is 18.4 Å². The Morgan fingerprint density at radius 1 is 1.00 bits per heavy atom. The van der Waals surface area contributed by atoms with Crippen LogP contribution >= 0.6 is 0 Å². The Balaban J connectivity index is 1.47. The van der Waals surface area contributed by atoms with E-state index >= 15 is 0 Å². The number of rotatable bonds is 10. The average molecular weight is 556 g/mol. The molecule has 0 saturated heterocycles. The van der Waals surface area contributed by atoms with Gasteiger partial charge in [0.05, 0.1) is 42.2 Å². The lowest BCUT2D eigenvalue weighted by Gasteiger charge is -2.14. The third kappa shape index (κ3) is 7.16. The van der Waals surface area contributed by atoms with Crippen LogP contribution in [0, 0.1) is 0 Å². The van der Waals surface area contributed by atoms with E-state index in [1.54, 1.807) is 30.3 Å². The van der Waals surface area contributed by atoms with Crippen LogP contribution in [0.3, 0.4) is 0 Å². The molecule has 40 heavy (non-hydrogen) atoms. The van der Waals surface area contributed by atoms with Crippen molar-refractivity contribution in [2.75, 3.05) is 19.0 Å². The van der Waals surface area contributed by atoms with Crippen molar-refractivity contribution in [2.24, 2.45) is 0 Å². The Morgan fingerprint density at radius 2 is 1.73 bits per heavy atom. The first-order valence-corrected chi connectivity index (χ1v) is 12.1. The van der Waals surface area contributed by atoms with Crippen LogP contribution < -0.4 is 20.3 Å². The van der Waals surface area contributed by atoms with E-state index in [9.17, 15) is 27.6 Å². The molecule has 0 aliphatic heterocycles. The van der Waals surface area contributed by atoms with Gasteiger partial charge >= 0.3 is 12.1 Å². The molecule has 0 aliphatic carbocycles. The minimum absolute atomic E-state index is 0.0393. The number of nitrogens with zero attached hydrogens (tertiary/aromatic N) is 2. The number of carbonyl (C=O) groups excluding carboxylic acids is 2. The van der Waals surface area contributed by atoms with Crippen molar-refractivity contribution in [1.82, 2.24) is 9.55 Å². The van der Waals surface area contributed by atoms with Crippen LogP contribution in [0.4, 0.5) is 18.9 Å². The lowest BCUT2D eigenvalue weighted by Crippen LogP contribution is -2.25. The normalized spacial score (nSPS) is 11.2. The number of halogens is 3. The molecule has 1 heterocycles. The van der Waals surface area contributed by atoms with Gasteiger partial charge in [-0.15, -0.1) is 0 Å². The number of alkyl halides is 3. The molecular weight excluding hydrogens is 531 g/mol. The highest BCUT2D eigenvalue weighted by atomic mass is 19.4. The molecule has 0 bridgehead atoms. The highest BCUT2D eigenvalue weighted by molar-refractivity contribution is 5.96. The van der Waals surface area contributed by atoms with E-state index in [1.807, 2.05) is 0 Å². The first-order valence-electron chi connectivity index (χ1n) is 12.1. The smallest absolute Gasteiger partial charge is 0.416 e. The van der Waals surface area contributed by atoms with E-state index in [-0.39, 0.29) is 60.0 Å². The number of hydrogen-bond donors (Lipinski definition) is 1. The molecular formula is C28H24F3N3O6.